The topological polar surface area (TPSA) is 117 Å². The molecule has 6 atom stereocenters. The summed E-state index contributed by atoms with van der Waals surface area (Å²) in [5, 5.41) is 4.55. The smallest absolute Gasteiger partial charge is 0.191 e. The molecule has 10 nitrogen and oxygen atoms in total. The van der Waals surface area contributed by atoms with Crippen molar-refractivity contribution in [1.82, 2.24) is 4.98 Å². The number of thiol groups is 1. The lowest BCUT2D eigenvalue weighted by Gasteiger charge is -2.54. The van der Waals surface area contributed by atoms with E-state index in [1.807, 2.05) is 30.3 Å². The number of halogens is 4. The molecule has 2 fully saturated rings. The van der Waals surface area contributed by atoms with Gasteiger partial charge in [-0.25, -0.2) is 13.8 Å². The van der Waals surface area contributed by atoms with Crippen molar-refractivity contribution < 1.29 is 37.2 Å². The third-order valence-corrected chi connectivity index (χ3v) is 9.24. The van der Waals surface area contributed by atoms with E-state index >= 15 is 8.78 Å². The minimum atomic E-state index is -1.70. The first-order chi connectivity index (χ1) is 23.2. The summed E-state index contributed by atoms with van der Waals surface area (Å²) < 4.78 is 66.4. The van der Waals surface area contributed by atoms with E-state index in [-0.39, 0.29) is 30.4 Å². The number of methoxy groups -OCH3 is 1. The van der Waals surface area contributed by atoms with Crippen molar-refractivity contribution in [3.8, 4) is 11.5 Å². The second-order valence-electron chi connectivity index (χ2n) is 11.0. The summed E-state index contributed by atoms with van der Waals surface area (Å²) in [7, 11) is 1.54. The Morgan fingerprint density at radius 2 is 1.79 bits per heavy atom. The standard InChI is InChI=1S/C33H28BrClF2N4O6S/c1-42-22-9-7-18(8-10-22)15-43-27-24(36)11-19(12-25(27)37)16-44-29-32(48)46-26-17-45-31(20-5-3-2-4-6-20)47-28(26)33(29,40-41-38)23-13-21(35)14-39-30(23)34/h2-14,26,28-29,31-32,48H,15-17H2,1H3/t26-,28+,29+,31?,32-,33?/m1/s1. The molecule has 0 bridgehead atoms. The van der Waals surface area contributed by atoms with Gasteiger partial charge in [0.25, 0.3) is 0 Å². The zero-order valence-electron chi connectivity index (χ0n) is 25.2. The first kappa shape index (κ1) is 34.4. The number of azide groups is 1. The lowest BCUT2D eigenvalue weighted by Crippen LogP contribution is -2.66. The number of rotatable bonds is 10. The molecule has 0 radical (unpaired) electrons. The predicted octanol–water partition coefficient (Wildman–Crippen LogP) is 8.22. The van der Waals surface area contributed by atoms with Crippen molar-refractivity contribution in [3.63, 3.8) is 0 Å². The fraction of sp³-hybridized carbons (Fsp3) is 0.303. The third kappa shape index (κ3) is 6.98. The lowest BCUT2D eigenvalue weighted by molar-refractivity contribution is -0.320. The molecular weight excluding hydrogens is 734 g/mol. The number of ether oxygens (including phenoxy) is 6. The van der Waals surface area contributed by atoms with Crippen LogP contribution in [0.25, 0.3) is 10.4 Å². The van der Waals surface area contributed by atoms with Crippen molar-refractivity contribution in [2.24, 2.45) is 5.11 Å². The summed E-state index contributed by atoms with van der Waals surface area (Å²) in [6.07, 6.45) is -2.37. The molecule has 0 aliphatic carbocycles. The van der Waals surface area contributed by atoms with Crippen LogP contribution in [0.2, 0.25) is 5.02 Å². The van der Waals surface area contributed by atoms with Crippen LogP contribution in [0.15, 0.2) is 88.7 Å². The molecule has 3 aromatic carbocycles. The van der Waals surface area contributed by atoms with Crippen LogP contribution in [0, 0.1) is 11.6 Å². The van der Waals surface area contributed by atoms with E-state index in [1.54, 1.807) is 37.4 Å². The molecule has 2 aliphatic heterocycles. The Kier molecular flexibility index (Phi) is 10.7. The number of aromatic nitrogens is 1. The zero-order valence-corrected chi connectivity index (χ0v) is 28.4. The molecule has 250 valence electrons. The van der Waals surface area contributed by atoms with Gasteiger partial charge in [0, 0.05) is 22.2 Å². The van der Waals surface area contributed by atoms with Crippen LogP contribution in [0.3, 0.4) is 0 Å². The van der Waals surface area contributed by atoms with Crippen LogP contribution in [-0.4, -0.2) is 42.4 Å². The third-order valence-electron chi connectivity index (χ3n) is 8.01. The Labute approximate surface area is 293 Å². The maximum Gasteiger partial charge on any atom is 0.191 e. The van der Waals surface area contributed by atoms with Crippen LogP contribution in [0.1, 0.15) is 28.5 Å². The highest BCUT2D eigenvalue weighted by atomic mass is 79.9. The predicted molar refractivity (Wildman–Crippen MR) is 178 cm³/mol. The van der Waals surface area contributed by atoms with Crippen LogP contribution in [0.4, 0.5) is 8.78 Å². The second kappa shape index (κ2) is 15.0. The number of nitrogens with zero attached hydrogens (tertiary/aromatic N) is 4. The molecule has 0 spiro atoms. The van der Waals surface area contributed by atoms with Gasteiger partial charge in [0.15, 0.2) is 23.7 Å². The van der Waals surface area contributed by atoms with Crippen molar-refractivity contribution >= 4 is 40.2 Å². The second-order valence-corrected chi connectivity index (χ2v) is 12.7. The van der Waals surface area contributed by atoms with E-state index in [1.165, 1.54) is 6.20 Å². The van der Waals surface area contributed by atoms with Gasteiger partial charge in [0.1, 0.15) is 46.2 Å². The van der Waals surface area contributed by atoms with Crippen LogP contribution >= 0.6 is 40.2 Å². The molecule has 1 aromatic heterocycles. The minimum absolute atomic E-state index is 0.0662. The number of hydrogen-bond acceptors (Lipinski definition) is 9. The quantitative estimate of drug-likeness (QED) is 0.0569. The Morgan fingerprint density at radius 1 is 1.06 bits per heavy atom. The number of fused-ring (bicyclic) bond motifs is 1. The Hall–Kier alpha value is -3.46. The summed E-state index contributed by atoms with van der Waals surface area (Å²) in [6.45, 7) is -0.333. The van der Waals surface area contributed by atoms with E-state index in [0.29, 0.717) is 21.5 Å². The molecular formula is C33H28BrClF2N4O6S. The van der Waals surface area contributed by atoms with Crippen LogP contribution in [-0.2, 0) is 37.7 Å². The average Bonchev–Trinajstić information content (AvgIpc) is 3.09. The van der Waals surface area contributed by atoms with Crippen molar-refractivity contribution in [1.29, 1.82) is 0 Å². The van der Waals surface area contributed by atoms with Crippen molar-refractivity contribution in [2.45, 2.75) is 48.8 Å². The molecule has 2 aliphatic rings. The highest BCUT2D eigenvalue weighted by Gasteiger charge is 2.61. The maximum atomic E-state index is 15.2. The summed E-state index contributed by atoms with van der Waals surface area (Å²) in [6, 6.07) is 19.9. The molecule has 15 heteroatoms. The largest absolute Gasteiger partial charge is 0.497 e. The normalized spacial score (nSPS) is 25.1. The first-order valence-corrected chi connectivity index (χ1v) is 16.3. The molecule has 4 aromatic rings. The zero-order chi connectivity index (χ0) is 33.8. The molecule has 0 amide bonds. The highest BCUT2D eigenvalue weighted by molar-refractivity contribution is 9.10. The molecule has 3 heterocycles. The van der Waals surface area contributed by atoms with E-state index in [4.69, 9.17) is 40.0 Å². The monoisotopic (exact) mass is 760 g/mol. The van der Waals surface area contributed by atoms with E-state index < -0.39 is 53.0 Å². The van der Waals surface area contributed by atoms with Gasteiger partial charge in [-0.1, -0.05) is 59.2 Å². The summed E-state index contributed by atoms with van der Waals surface area (Å²) in [4.78, 5) is 7.53. The summed E-state index contributed by atoms with van der Waals surface area (Å²) in [5.41, 5.74) is 9.16. The molecule has 6 rings (SSSR count). The maximum absolute atomic E-state index is 15.2. The summed E-state index contributed by atoms with van der Waals surface area (Å²) in [5.74, 6) is -1.74. The van der Waals surface area contributed by atoms with Crippen LogP contribution < -0.4 is 9.47 Å². The number of hydrogen-bond donors (Lipinski definition) is 1. The number of pyridine rings is 1. The lowest BCUT2D eigenvalue weighted by atomic mass is 9.76. The summed E-state index contributed by atoms with van der Waals surface area (Å²) >= 11 is 14.6. The van der Waals surface area contributed by atoms with E-state index in [2.05, 4.69) is 43.6 Å². The van der Waals surface area contributed by atoms with Gasteiger partial charge >= 0.3 is 0 Å². The van der Waals surface area contributed by atoms with Crippen molar-refractivity contribution in [2.75, 3.05) is 13.7 Å². The molecule has 2 unspecified atom stereocenters. The van der Waals surface area contributed by atoms with E-state index in [0.717, 1.165) is 17.7 Å². The highest BCUT2D eigenvalue weighted by Crippen LogP contribution is 2.51. The van der Waals surface area contributed by atoms with Gasteiger partial charge in [-0.15, -0.1) is 12.6 Å². The fourth-order valence-electron chi connectivity index (χ4n) is 5.80. The SMILES string of the molecule is COc1ccc(COc2c(F)cc(CO[C@H]3[C@@H](S)O[C@@H]4COC(c5ccccc5)O[C@@H]4C3(N=[N+]=[N-])c3cc(Cl)cnc3Br)cc2F)cc1. The number of benzene rings is 3. The van der Waals surface area contributed by atoms with Gasteiger partial charge < -0.3 is 28.4 Å². The molecule has 48 heavy (non-hydrogen) atoms. The van der Waals surface area contributed by atoms with Gasteiger partial charge in [0.2, 0.25) is 0 Å². The molecule has 2 saturated heterocycles. The fourth-order valence-corrected chi connectivity index (χ4v) is 6.96. The Morgan fingerprint density at radius 3 is 2.48 bits per heavy atom. The first-order valence-electron chi connectivity index (χ1n) is 14.6. The van der Waals surface area contributed by atoms with E-state index in [9.17, 15) is 5.53 Å². The Balaban J connectivity index is 1.31. The molecule has 0 saturated carbocycles. The van der Waals surface area contributed by atoms with Crippen molar-refractivity contribution in [3.05, 3.63) is 133 Å². The van der Waals surface area contributed by atoms with Crippen LogP contribution in [0.5, 0.6) is 11.5 Å². The van der Waals surface area contributed by atoms with Gasteiger partial charge in [0.05, 0.1) is 25.3 Å². The average molecular weight is 762 g/mol. The van der Waals surface area contributed by atoms with Gasteiger partial charge in [-0.2, -0.15) is 0 Å². The Bertz CT molecular complexity index is 1790. The van der Waals surface area contributed by atoms with Gasteiger partial charge in [-0.3, -0.25) is 0 Å². The minimum Gasteiger partial charge on any atom is -0.497 e. The van der Waals surface area contributed by atoms with Gasteiger partial charge in [-0.05, 0) is 62.9 Å². The molecule has 0 N–H and O–H groups in total.